The number of aryl methyl sites for hydroxylation is 3. The SMILES string of the molecule is COc1cc(C)c(-c2cnn(C)c2CN)cc1C. The number of ether oxygens (including phenoxy) is 1. The van der Waals surface area contributed by atoms with Crippen molar-refractivity contribution in [1.82, 2.24) is 9.78 Å². The first kappa shape index (κ1) is 12.6. The van der Waals surface area contributed by atoms with Crippen molar-refractivity contribution in [3.63, 3.8) is 0 Å². The van der Waals surface area contributed by atoms with Crippen LogP contribution in [0.15, 0.2) is 18.3 Å². The number of methoxy groups -OCH3 is 1. The van der Waals surface area contributed by atoms with Crippen molar-refractivity contribution in [1.29, 1.82) is 0 Å². The lowest BCUT2D eigenvalue weighted by atomic mass is 9.98. The Morgan fingerprint density at radius 3 is 2.56 bits per heavy atom. The molecule has 0 unspecified atom stereocenters. The minimum Gasteiger partial charge on any atom is -0.496 e. The molecular formula is C14H19N3O. The maximum atomic E-state index is 5.79. The smallest absolute Gasteiger partial charge is 0.122 e. The highest BCUT2D eigenvalue weighted by Crippen LogP contribution is 2.31. The molecule has 0 spiro atoms. The maximum Gasteiger partial charge on any atom is 0.122 e. The van der Waals surface area contributed by atoms with Gasteiger partial charge in [-0.15, -0.1) is 0 Å². The Bertz CT molecular complexity index is 573. The summed E-state index contributed by atoms with van der Waals surface area (Å²) in [7, 11) is 3.61. The molecule has 0 aliphatic carbocycles. The lowest BCUT2D eigenvalue weighted by molar-refractivity contribution is 0.411. The summed E-state index contributed by atoms with van der Waals surface area (Å²) in [5.74, 6) is 0.912. The predicted molar refractivity (Wildman–Crippen MR) is 72.6 cm³/mol. The number of nitrogens with zero attached hydrogens (tertiary/aromatic N) is 2. The highest BCUT2D eigenvalue weighted by Gasteiger charge is 2.13. The Balaban J connectivity index is 2.60. The van der Waals surface area contributed by atoms with Crippen molar-refractivity contribution in [2.75, 3.05) is 7.11 Å². The summed E-state index contributed by atoms with van der Waals surface area (Å²) in [6, 6.07) is 4.18. The highest BCUT2D eigenvalue weighted by molar-refractivity contribution is 5.71. The van der Waals surface area contributed by atoms with Crippen LogP contribution in [0.4, 0.5) is 0 Å². The topological polar surface area (TPSA) is 53.1 Å². The summed E-state index contributed by atoms with van der Waals surface area (Å²) in [4.78, 5) is 0. The van der Waals surface area contributed by atoms with E-state index < -0.39 is 0 Å². The van der Waals surface area contributed by atoms with E-state index in [9.17, 15) is 0 Å². The van der Waals surface area contributed by atoms with Crippen LogP contribution in [0.5, 0.6) is 5.75 Å². The van der Waals surface area contributed by atoms with E-state index in [0.717, 1.165) is 22.6 Å². The zero-order valence-electron chi connectivity index (χ0n) is 11.3. The summed E-state index contributed by atoms with van der Waals surface area (Å²) in [6.45, 7) is 4.60. The van der Waals surface area contributed by atoms with Gasteiger partial charge in [-0.3, -0.25) is 4.68 Å². The standard InChI is InChI=1S/C14H19N3O/c1-9-6-14(18-4)10(2)5-11(9)12-8-16-17(3)13(12)7-15/h5-6,8H,7,15H2,1-4H3. The van der Waals surface area contributed by atoms with Crippen LogP contribution in [0, 0.1) is 13.8 Å². The van der Waals surface area contributed by atoms with Crippen LogP contribution in [0.3, 0.4) is 0 Å². The average Bonchev–Trinajstić information content (AvgIpc) is 2.72. The molecule has 0 aliphatic rings. The second-order valence-corrected chi connectivity index (χ2v) is 4.47. The van der Waals surface area contributed by atoms with E-state index >= 15 is 0 Å². The molecular weight excluding hydrogens is 226 g/mol. The summed E-state index contributed by atoms with van der Waals surface area (Å²) < 4.78 is 7.16. The van der Waals surface area contributed by atoms with E-state index in [0.29, 0.717) is 6.54 Å². The molecule has 2 N–H and O–H groups in total. The molecule has 0 radical (unpaired) electrons. The quantitative estimate of drug-likeness (QED) is 0.901. The summed E-state index contributed by atoms with van der Waals surface area (Å²) in [5.41, 5.74) is 11.4. The molecule has 0 bridgehead atoms. The second kappa shape index (κ2) is 4.82. The Labute approximate surface area is 107 Å². The Kier molecular flexibility index (Phi) is 3.39. The van der Waals surface area contributed by atoms with E-state index in [1.165, 1.54) is 11.1 Å². The van der Waals surface area contributed by atoms with Crippen LogP contribution < -0.4 is 10.5 Å². The monoisotopic (exact) mass is 245 g/mol. The van der Waals surface area contributed by atoms with Crippen molar-refractivity contribution < 1.29 is 4.74 Å². The van der Waals surface area contributed by atoms with E-state index in [1.54, 1.807) is 7.11 Å². The maximum absolute atomic E-state index is 5.79. The molecule has 2 rings (SSSR count). The first-order chi connectivity index (χ1) is 8.58. The van der Waals surface area contributed by atoms with Gasteiger partial charge in [-0.2, -0.15) is 5.10 Å². The number of aromatic nitrogens is 2. The van der Waals surface area contributed by atoms with Gasteiger partial charge in [0.25, 0.3) is 0 Å². The van der Waals surface area contributed by atoms with Gasteiger partial charge in [0, 0.05) is 19.2 Å². The number of hydrogen-bond acceptors (Lipinski definition) is 3. The third kappa shape index (κ3) is 1.99. The minimum absolute atomic E-state index is 0.482. The fourth-order valence-corrected chi connectivity index (χ4v) is 2.23. The molecule has 1 aromatic heterocycles. The van der Waals surface area contributed by atoms with Crippen molar-refractivity contribution in [3.8, 4) is 16.9 Å². The van der Waals surface area contributed by atoms with Crippen LogP contribution in [-0.4, -0.2) is 16.9 Å². The fraction of sp³-hybridized carbons (Fsp3) is 0.357. The second-order valence-electron chi connectivity index (χ2n) is 4.47. The Morgan fingerprint density at radius 1 is 1.22 bits per heavy atom. The third-order valence-corrected chi connectivity index (χ3v) is 3.29. The van der Waals surface area contributed by atoms with Gasteiger partial charge in [-0.05, 0) is 42.7 Å². The molecule has 0 aliphatic heterocycles. The van der Waals surface area contributed by atoms with Gasteiger partial charge in [-0.1, -0.05) is 0 Å². The highest BCUT2D eigenvalue weighted by atomic mass is 16.5. The van der Waals surface area contributed by atoms with Crippen molar-refractivity contribution in [3.05, 3.63) is 35.2 Å². The molecule has 4 heteroatoms. The van der Waals surface area contributed by atoms with Crippen molar-refractivity contribution in [2.24, 2.45) is 12.8 Å². The summed E-state index contributed by atoms with van der Waals surface area (Å²) in [6.07, 6.45) is 1.87. The average molecular weight is 245 g/mol. The molecule has 0 amide bonds. The number of benzene rings is 1. The first-order valence-corrected chi connectivity index (χ1v) is 5.95. The van der Waals surface area contributed by atoms with Gasteiger partial charge >= 0.3 is 0 Å². The predicted octanol–water partition coefficient (Wildman–Crippen LogP) is 2.17. The van der Waals surface area contributed by atoms with E-state index in [-0.39, 0.29) is 0 Å². The molecule has 0 atom stereocenters. The van der Waals surface area contributed by atoms with Crippen LogP contribution in [-0.2, 0) is 13.6 Å². The van der Waals surface area contributed by atoms with Gasteiger partial charge in [0.2, 0.25) is 0 Å². The Hall–Kier alpha value is -1.81. The van der Waals surface area contributed by atoms with Gasteiger partial charge in [0.1, 0.15) is 5.75 Å². The zero-order chi connectivity index (χ0) is 13.3. The summed E-state index contributed by atoms with van der Waals surface area (Å²) in [5, 5.41) is 4.28. The number of nitrogens with two attached hydrogens (primary N) is 1. The molecule has 2 aromatic rings. The molecule has 96 valence electrons. The van der Waals surface area contributed by atoms with Crippen LogP contribution in [0.2, 0.25) is 0 Å². The van der Waals surface area contributed by atoms with Crippen molar-refractivity contribution in [2.45, 2.75) is 20.4 Å². The Morgan fingerprint density at radius 2 is 1.94 bits per heavy atom. The lowest BCUT2D eigenvalue weighted by Gasteiger charge is -2.11. The van der Waals surface area contributed by atoms with Crippen LogP contribution >= 0.6 is 0 Å². The lowest BCUT2D eigenvalue weighted by Crippen LogP contribution is -2.05. The normalized spacial score (nSPS) is 10.7. The van der Waals surface area contributed by atoms with Crippen LogP contribution in [0.25, 0.3) is 11.1 Å². The van der Waals surface area contributed by atoms with Gasteiger partial charge < -0.3 is 10.5 Å². The molecule has 0 saturated heterocycles. The molecule has 18 heavy (non-hydrogen) atoms. The van der Waals surface area contributed by atoms with Gasteiger partial charge in [-0.25, -0.2) is 0 Å². The van der Waals surface area contributed by atoms with Gasteiger partial charge in [0.05, 0.1) is 19.0 Å². The first-order valence-electron chi connectivity index (χ1n) is 5.95. The number of rotatable bonds is 3. The van der Waals surface area contributed by atoms with Crippen molar-refractivity contribution >= 4 is 0 Å². The zero-order valence-corrected chi connectivity index (χ0v) is 11.3. The van der Waals surface area contributed by atoms with Gasteiger partial charge in [0.15, 0.2) is 0 Å². The molecule has 4 nitrogen and oxygen atoms in total. The van der Waals surface area contributed by atoms with E-state index in [2.05, 4.69) is 24.2 Å². The molecule has 0 fully saturated rings. The number of hydrogen-bond donors (Lipinski definition) is 1. The summed E-state index contributed by atoms with van der Waals surface area (Å²) >= 11 is 0. The molecule has 1 aromatic carbocycles. The minimum atomic E-state index is 0.482. The van der Waals surface area contributed by atoms with Crippen LogP contribution in [0.1, 0.15) is 16.8 Å². The fourth-order valence-electron chi connectivity index (χ4n) is 2.23. The molecule has 1 heterocycles. The molecule has 0 saturated carbocycles. The third-order valence-electron chi connectivity index (χ3n) is 3.29. The largest absolute Gasteiger partial charge is 0.496 e. The van der Waals surface area contributed by atoms with E-state index in [4.69, 9.17) is 10.5 Å². The van der Waals surface area contributed by atoms with E-state index in [1.807, 2.05) is 24.9 Å².